The van der Waals surface area contributed by atoms with Crippen molar-refractivity contribution in [3.05, 3.63) is 0 Å². The number of aliphatic hydroxyl groups excluding tert-OH is 2. The summed E-state index contributed by atoms with van der Waals surface area (Å²) in [5.74, 6) is -1.34. The van der Waals surface area contributed by atoms with Crippen molar-refractivity contribution in [1.82, 2.24) is 4.90 Å². The molecule has 0 bridgehead atoms. The third-order valence-electron chi connectivity index (χ3n) is 3.35. The summed E-state index contributed by atoms with van der Waals surface area (Å²) in [4.78, 5) is 23.9. The summed E-state index contributed by atoms with van der Waals surface area (Å²) in [6.07, 6.45) is -0.970. The predicted octanol–water partition coefficient (Wildman–Crippen LogP) is -3.26. The van der Waals surface area contributed by atoms with Crippen LogP contribution >= 0.6 is 0 Å². The van der Waals surface area contributed by atoms with E-state index < -0.39 is 30.1 Å². The molecule has 20 heavy (non-hydrogen) atoms. The second kappa shape index (κ2) is 4.31. The maximum absolute atomic E-state index is 11.7. The van der Waals surface area contributed by atoms with Crippen LogP contribution in [0.2, 0.25) is 0 Å². The molecule has 0 saturated carbocycles. The quantitative estimate of drug-likeness (QED) is 0.415. The SMILES string of the molecule is NC1=NC(=O)C2(O)N=CN([C@H]3C[C@H](O)[C@@H](CO)O3)C2=N1. The van der Waals surface area contributed by atoms with E-state index in [9.17, 15) is 15.0 Å². The first-order valence-electron chi connectivity index (χ1n) is 5.94. The zero-order valence-electron chi connectivity index (χ0n) is 10.2. The Morgan fingerprint density at radius 1 is 1.55 bits per heavy atom. The van der Waals surface area contributed by atoms with Gasteiger partial charge in [-0.2, -0.15) is 9.98 Å². The van der Waals surface area contributed by atoms with Gasteiger partial charge >= 0.3 is 11.6 Å². The second-order valence-corrected chi connectivity index (χ2v) is 4.65. The van der Waals surface area contributed by atoms with Crippen LogP contribution in [0.25, 0.3) is 0 Å². The third-order valence-corrected chi connectivity index (χ3v) is 3.35. The highest BCUT2D eigenvalue weighted by Crippen LogP contribution is 2.30. The molecule has 3 rings (SSSR count). The summed E-state index contributed by atoms with van der Waals surface area (Å²) in [7, 11) is 0. The van der Waals surface area contributed by atoms with E-state index in [2.05, 4.69) is 15.0 Å². The summed E-state index contributed by atoms with van der Waals surface area (Å²) in [6, 6.07) is 0. The zero-order valence-corrected chi connectivity index (χ0v) is 10.2. The van der Waals surface area contributed by atoms with Crippen LogP contribution in [0.4, 0.5) is 0 Å². The number of carbonyl (C=O) groups is 1. The number of aliphatic hydroxyl groups is 3. The number of guanidine groups is 1. The highest BCUT2D eigenvalue weighted by molar-refractivity contribution is 6.24. The molecular formula is C10H13N5O5. The molecule has 4 atom stereocenters. The number of fused-ring (bicyclic) bond motifs is 1. The summed E-state index contributed by atoms with van der Waals surface area (Å²) >= 11 is 0. The van der Waals surface area contributed by atoms with Gasteiger partial charge < -0.3 is 25.8 Å². The van der Waals surface area contributed by atoms with E-state index in [4.69, 9.17) is 15.6 Å². The van der Waals surface area contributed by atoms with Crippen LogP contribution in [-0.4, -0.2) is 75.0 Å². The fraction of sp³-hybridized carbons (Fsp3) is 0.600. The molecule has 0 aromatic carbocycles. The average molecular weight is 283 g/mol. The standard InChI is InChI=1S/C10H13N5O5/c11-9-13-7-10(19,8(18)14-9)12-3-15(7)6-1-4(17)5(2-16)20-6/h3-6,16-17,19H,1-2H2,(H2,11,14,18)/t4-,5+,6+,10?/m0/s1. The van der Waals surface area contributed by atoms with E-state index in [0.717, 1.165) is 0 Å². The molecule has 3 aliphatic rings. The molecule has 3 heterocycles. The molecule has 1 saturated heterocycles. The van der Waals surface area contributed by atoms with Crippen molar-refractivity contribution in [2.45, 2.75) is 30.6 Å². The number of nitrogens with two attached hydrogens (primary N) is 1. The minimum atomic E-state index is -2.20. The minimum Gasteiger partial charge on any atom is -0.394 e. The van der Waals surface area contributed by atoms with Crippen LogP contribution in [0.15, 0.2) is 15.0 Å². The average Bonchev–Trinajstić information content (AvgIpc) is 2.91. The number of hydrogen-bond acceptors (Lipinski definition) is 9. The zero-order chi connectivity index (χ0) is 14.5. The van der Waals surface area contributed by atoms with Crippen LogP contribution in [0, 0.1) is 0 Å². The lowest BCUT2D eigenvalue weighted by Crippen LogP contribution is -2.52. The molecular weight excluding hydrogens is 270 g/mol. The van der Waals surface area contributed by atoms with Gasteiger partial charge in [-0.05, 0) is 0 Å². The van der Waals surface area contributed by atoms with Crippen LogP contribution in [0.1, 0.15) is 6.42 Å². The summed E-state index contributed by atoms with van der Waals surface area (Å²) in [6.45, 7) is -0.345. The van der Waals surface area contributed by atoms with Gasteiger partial charge in [0.15, 0.2) is 5.84 Å². The second-order valence-electron chi connectivity index (χ2n) is 4.65. The number of amidine groups is 1. The van der Waals surface area contributed by atoms with E-state index in [1.807, 2.05) is 0 Å². The van der Waals surface area contributed by atoms with Gasteiger partial charge in [0.1, 0.15) is 12.3 Å². The van der Waals surface area contributed by atoms with Crippen molar-refractivity contribution in [2.75, 3.05) is 6.61 Å². The Kier molecular flexibility index (Phi) is 2.83. The number of ether oxygens (including phenoxy) is 1. The van der Waals surface area contributed by atoms with Crippen molar-refractivity contribution in [3.8, 4) is 0 Å². The molecule has 0 aromatic rings. The highest BCUT2D eigenvalue weighted by Gasteiger charge is 2.53. The molecule has 3 aliphatic heterocycles. The first-order valence-corrected chi connectivity index (χ1v) is 5.94. The Balaban J connectivity index is 1.89. The van der Waals surface area contributed by atoms with Gasteiger partial charge in [0.2, 0.25) is 5.96 Å². The third kappa shape index (κ3) is 1.73. The predicted molar refractivity (Wildman–Crippen MR) is 65.7 cm³/mol. The number of amides is 1. The Morgan fingerprint density at radius 2 is 2.30 bits per heavy atom. The topological polar surface area (TPSA) is 153 Å². The van der Waals surface area contributed by atoms with Gasteiger partial charge in [-0.1, -0.05) is 0 Å². The number of carbonyl (C=O) groups excluding carboxylic acids is 1. The highest BCUT2D eigenvalue weighted by atomic mass is 16.5. The Labute approximate surface area is 112 Å². The molecule has 108 valence electrons. The summed E-state index contributed by atoms with van der Waals surface area (Å²) < 4.78 is 5.42. The van der Waals surface area contributed by atoms with Crippen molar-refractivity contribution in [3.63, 3.8) is 0 Å². The van der Waals surface area contributed by atoms with Crippen LogP contribution in [0.5, 0.6) is 0 Å². The fourth-order valence-corrected chi connectivity index (χ4v) is 2.30. The smallest absolute Gasteiger partial charge is 0.312 e. The Hall–Kier alpha value is -1.88. The van der Waals surface area contributed by atoms with Gasteiger partial charge in [-0.3, -0.25) is 9.69 Å². The molecule has 1 amide bonds. The molecule has 1 unspecified atom stereocenters. The Morgan fingerprint density at radius 3 is 2.95 bits per heavy atom. The molecule has 0 aromatic heterocycles. The van der Waals surface area contributed by atoms with E-state index in [1.54, 1.807) is 0 Å². The van der Waals surface area contributed by atoms with E-state index in [-0.39, 0.29) is 24.8 Å². The number of rotatable bonds is 2. The number of hydrogen-bond donors (Lipinski definition) is 4. The summed E-state index contributed by atoms with van der Waals surface area (Å²) in [5, 5.41) is 28.9. The van der Waals surface area contributed by atoms with Crippen LogP contribution in [-0.2, 0) is 9.53 Å². The van der Waals surface area contributed by atoms with Gasteiger partial charge in [-0.25, -0.2) is 4.99 Å². The van der Waals surface area contributed by atoms with Gasteiger partial charge in [0, 0.05) is 6.42 Å². The van der Waals surface area contributed by atoms with Crippen molar-refractivity contribution in [1.29, 1.82) is 0 Å². The van der Waals surface area contributed by atoms with Gasteiger partial charge in [-0.15, -0.1) is 0 Å². The summed E-state index contributed by atoms with van der Waals surface area (Å²) in [5.41, 5.74) is 3.20. The number of nitrogens with zero attached hydrogens (tertiary/aromatic N) is 4. The minimum absolute atomic E-state index is 0.120. The van der Waals surface area contributed by atoms with E-state index in [0.29, 0.717) is 0 Å². The maximum atomic E-state index is 11.7. The normalized spacial score (nSPS) is 39.9. The largest absolute Gasteiger partial charge is 0.394 e. The van der Waals surface area contributed by atoms with Gasteiger partial charge in [0.25, 0.3) is 0 Å². The molecule has 0 spiro atoms. The fourth-order valence-electron chi connectivity index (χ4n) is 2.30. The van der Waals surface area contributed by atoms with Crippen molar-refractivity contribution >= 4 is 24.0 Å². The van der Waals surface area contributed by atoms with Crippen LogP contribution < -0.4 is 5.73 Å². The molecule has 10 heteroatoms. The van der Waals surface area contributed by atoms with Crippen LogP contribution in [0.3, 0.4) is 0 Å². The van der Waals surface area contributed by atoms with Crippen molar-refractivity contribution in [2.24, 2.45) is 20.7 Å². The van der Waals surface area contributed by atoms with Gasteiger partial charge in [0.05, 0.1) is 19.0 Å². The molecule has 1 fully saturated rings. The lowest BCUT2D eigenvalue weighted by Gasteiger charge is -2.28. The molecule has 5 N–H and O–H groups in total. The first kappa shape index (κ1) is 13.1. The number of aliphatic imine (C=N–C) groups is 3. The Bertz CT molecular complexity index is 546. The molecule has 0 radical (unpaired) electrons. The lowest BCUT2D eigenvalue weighted by molar-refractivity contribution is -0.129. The molecule has 0 aliphatic carbocycles. The first-order chi connectivity index (χ1) is 9.45. The monoisotopic (exact) mass is 283 g/mol. The van der Waals surface area contributed by atoms with E-state index in [1.165, 1.54) is 11.2 Å². The van der Waals surface area contributed by atoms with Crippen molar-refractivity contribution < 1.29 is 24.9 Å². The molecule has 10 nitrogen and oxygen atoms in total. The van der Waals surface area contributed by atoms with E-state index >= 15 is 0 Å². The lowest BCUT2D eigenvalue weighted by atomic mass is 10.1. The maximum Gasteiger partial charge on any atom is 0.312 e.